The van der Waals surface area contributed by atoms with Crippen molar-refractivity contribution in [2.75, 3.05) is 15.9 Å². The molecular weight excluding hydrogens is 446 g/mol. The largest absolute Gasteiger partial charge is 0.324 e. The van der Waals surface area contributed by atoms with Crippen LogP contribution in [0.1, 0.15) is 20.3 Å². The molecule has 1 atom stereocenters. The quantitative estimate of drug-likeness (QED) is 0.570. The lowest BCUT2D eigenvalue weighted by Gasteiger charge is -2.30. The number of fused-ring (bicyclic) bond motifs is 1. The maximum atomic E-state index is 13.0. The number of nitrogens with one attached hydrogen (secondary N) is 1. The topological polar surface area (TPSA) is 88.5 Å². The van der Waals surface area contributed by atoms with Gasteiger partial charge in [-0.2, -0.15) is 0 Å². The van der Waals surface area contributed by atoms with E-state index < -0.39 is 22.0 Å². The maximum Gasteiger partial charge on any atom is 0.308 e. The Labute approximate surface area is 183 Å². The van der Waals surface area contributed by atoms with Gasteiger partial charge in [-0.15, -0.1) is 0 Å². The first kappa shape index (κ1) is 22.3. The molecule has 0 saturated carbocycles. The van der Waals surface area contributed by atoms with Gasteiger partial charge in [0, 0.05) is 17.3 Å². The van der Waals surface area contributed by atoms with Crippen LogP contribution >= 0.6 is 22.9 Å². The Bertz CT molecular complexity index is 1230. The zero-order chi connectivity index (χ0) is 22.1. The minimum absolute atomic E-state index is 0.0617. The number of aromatic nitrogens is 1. The van der Waals surface area contributed by atoms with E-state index in [1.54, 1.807) is 54.0 Å². The normalized spacial score (nSPS) is 12.7. The highest BCUT2D eigenvalue weighted by atomic mass is 35.5. The van der Waals surface area contributed by atoms with Gasteiger partial charge in [0.2, 0.25) is 15.9 Å². The van der Waals surface area contributed by atoms with Gasteiger partial charge < -0.3 is 5.32 Å². The highest BCUT2D eigenvalue weighted by Crippen LogP contribution is 2.26. The molecule has 0 bridgehead atoms. The summed E-state index contributed by atoms with van der Waals surface area (Å²) in [5, 5.41) is 3.26. The predicted octanol–water partition coefficient (Wildman–Crippen LogP) is 3.92. The van der Waals surface area contributed by atoms with Crippen molar-refractivity contribution in [1.29, 1.82) is 0 Å². The van der Waals surface area contributed by atoms with Gasteiger partial charge in [0.25, 0.3) is 0 Å². The highest BCUT2D eigenvalue weighted by molar-refractivity contribution is 7.92. The minimum Gasteiger partial charge on any atom is -0.324 e. The molecule has 160 valence electrons. The van der Waals surface area contributed by atoms with Crippen LogP contribution in [0.25, 0.3) is 10.2 Å². The standard InChI is InChI=1S/C20H22ClN3O4S2/c1-4-16(24(30(3,27)28)15-9-6-13(21)7-10-15)19(25)22-14-8-11-17-18(12-14)29-20(26)23(17)5-2/h6-12,16H,4-5H2,1-3H3,(H,22,25)/t16-/m1/s1. The van der Waals surface area contributed by atoms with Crippen molar-refractivity contribution in [3.63, 3.8) is 0 Å². The van der Waals surface area contributed by atoms with Crippen LogP contribution in [0, 0.1) is 0 Å². The molecule has 7 nitrogen and oxygen atoms in total. The number of sulfonamides is 1. The maximum absolute atomic E-state index is 13.0. The van der Waals surface area contributed by atoms with Crippen molar-refractivity contribution in [2.45, 2.75) is 32.9 Å². The lowest BCUT2D eigenvalue weighted by molar-refractivity contribution is -0.117. The summed E-state index contributed by atoms with van der Waals surface area (Å²) in [5.74, 6) is -0.459. The Kier molecular flexibility index (Phi) is 6.54. The molecule has 30 heavy (non-hydrogen) atoms. The molecule has 0 radical (unpaired) electrons. The number of hydrogen-bond donors (Lipinski definition) is 1. The van der Waals surface area contributed by atoms with Crippen LogP contribution in [0.15, 0.2) is 47.3 Å². The molecule has 0 saturated heterocycles. The Morgan fingerprint density at radius 1 is 1.20 bits per heavy atom. The number of carbonyl (C=O) groups excluding carboxylic acids is 1. The second-order valence-electron chi connectivity index (χ2n) is 6.74. The van der Waals surface area contributed by atoms with E-state index in [9.17, 15) is 18.0 Å². The summed E-state index contributed by atoms with van der Waals surface area (Å²) in [7, 11) is -3.73. The van der Waals surface area contributed by atoms with Gasteiger partial charge in [0.1, 0.15) is 6.04 Å². The summed E-state index contributed by atoms with van der Waals surface area (Å²) >= 11 is 7.02. The van der Waals surface area contributed by atoms with Crippen molar-refractivity contribution >= 4 is 60.5 Å². The molecule has 0 aliphatic heterocycles. The van der Waals surface area contributed by atoms with Crippen LogP contribution in [0.4, 0.5) is 11.4 Å². The number of thiazole rings is 1. The number of amides is 1. The number of anilines is 2. The number of halogens is 1. The zero-order valence-corrected chi connectivity index (χ0v) is 19.1. The predicted molar refractivity (Wildman–Crippen MR) is 123 cm³/mol. The van der Waals surface area contributed by atoms with Crippen LogP contribution in [0.2, 0.25) is 5.02 Å². The van der Waals surface area contributed by atoms with Gasteiger partial charge in [-0.25, -0.2) is 8.42 Å². The molecule has 0 fully saturated rings. The molecule has 1 aromatic heterocycles. The minimum atomic E-state index is -3.73. The Balaban J connectivity index is 1.93. The Morgan fingerprint density at radius 2 is 1.87 bits per heavy atom. The number of carbonyl (C=O) groups is 1. The number of aryl methyl sites for hydroxylation is 1. The summed E-state index contributed by atoms with van der Waals surface area (Å²) in [4.78, 5) is 25.0. The van der Waals surface area contributed by atoms with Crippen molar-refractivity contribution in [3.8, 4) is 0 Å². The molecular formula is C20H22ClN3O4S2. The van der Waals surface area contributed by atoms with Crippen molar-refractivity contribution in [1.82, 2.24) is 4.57 Å². The summed E-state index contributed by atoms with van der Waals surface area (Å²) in [5.41, 5.74) is 1.66. The van der Waals surface area contributed by atoms with E-state index in [0.717, 1.165) is 32.1 Å². The monoisotopic (exact) mass is 467 g/mol. The van der Waals surface area contributed by atoms with Gasteiger partial charge in [-0.1, -0.05) is 29.9 Å². The molecule has 0 aliphatic rings. The average molecular weight is 468 g/mol. The molecule has 1 amide bonds. The molecule has 1 heterocycles. The molecule has 0 aliphatic carbocycles. The molecule has 1 N–H and O–H groups in total. The molecule has 0 unspecified atom stereocenters. The fourth-order valence-electron chi connectivity index (χ4n) is 3.32. The number of rotatable bonds is 7. The zero-order valence-electron chi connectivity index (χ0n) is 16.8. The second-order valence-corrected chi connectivity index (χ2v) is 10.0. The van der Waals surface area contributed by atoms with Gasteiger partial charge >= 0.3 is 4.87 Å². The van der Waals surface area contributed by atoms with Gasteiger partial charge in [0.05, 0.1) is 22.2 Å². The molecule has 10 heteroatoms. The second kappa shape index (κ2) is 8.79. The number of benzene rings is 2. The van der Waals surface area contributed by atoms with E-state index in [1.165, 1.54) is 0 Å². The van der Waals surface area contributed by atoms with Crippen LogP contribution in [-0.2, 0) is 21.4 Å². The Hall–Kier alpha value is -2.36. The van der Waals surface area contributed by atoms with E-state index in [4.69, 9.17) is 11.6 Å². The van der Waals surface area contributed by atoms with Gasteiger partial charge in [-0.3, -0.25) is 18.5 Å². The third-order valence-corrected chi connectivity index (χ3v) is 7.04. The molecule has 3 aromatic rings. The van der Waals surface area contributed by atoms with Crippen LogP contribution < -0.4 is 14.5 Å². The van der Waals surface area contributed by atoms with E-state index in [0.29, 0.717) is 22.9 Å². The third kappa shape index (κ3) is 4.53. The highest BCUT2D eigenvalue weighted by Gasteiger charge is 2.31. The average Bonchev–Trinajstić information content (AvgIpc) is 3.00. The molecule has 2 aromatic carbocycles. The smallest absolute Gasteiger partial charge is 0.308 e. The van der Waals surface area contributed by atoms with Crippen LogP contribution in [0.3, 0.4) is 0 Å². The lowest BCUT2D eigenvalue weighted by Crippen LogP contribution is -2.46. The van der Waals surface area contributed by atoms with E-state index in [1.807, 2.05) is 6.92 Å². The summed E-state index contributed by atoms with van der Waals surface area (Å²) in [6.45, 7) is 4.20. The fourth-order valence-corrected chi connectivity index (χ4v) is 5.65. The molecule has 0 spiro atoms. The van der Waals surface area contributed by atoms with E-state index in [-0.39, 0.29) is 11.3 Å². The van der Waals surface area contributed by atoms with Gasteiger partial charge in [-0.05, 0) is 55.8 Å². The molecule has 3 rings (SSSR count). The van der Waals surface area contributed by atoms with Crippen molar-refractivity contribution in [2.24, 2.45) is 0 Å². The van der Waals surface area contributed by atoms with E-state index in [2.05, 4.69) is 5.32 Å². The SMILES string of the molecule is CC[C@H](C(=O)Nc1ccc2c(c1)sc(=O)n2CC)N(c1ccc(Cl)cc1)S(C)(=O)=O. The third-order valence-electron chi connectivity index (χ3n) is 4.66. The van der Waals surface area contributed by atoms with Gasteiger partial charge in [0.15, 0.2) is 0 Å². The summed E-state index contributed by atoms with van der Waals surface area (Å²) in [6.07, 6.45) is 1.33. The fraction of sp³-hybridized carbons (Fsp3) is 0.300. The first-order valence-electron chi connectivity index (χ1n) is 9.35. The van der Waals surface area contributed by atoms with Crippen LogP contribution in [-0.4, -0.2) is 31.2 Å². The first-order chi connectivity index (χ1) is 14.2. The summed E-state index contributed by atoms with van der Waals surface area (Å²) in [6, 6.07) is 10.6. The Morgan fingerprint density at radius 3 is 2.43 bits per heavy atom. The van der Waals surface area contributed by atoms with E-state index >= 15 is 0 Å². The first-order valence-corrected chi connectivity index (χ1v) is 12.4. The summed E-state index contributed by atoms with van der Waals surface area (Å²) < 4.78 is 28.5. The van der Waals surface area contributed by atoms with Crippen molar-refractivity contribution < 1.29 is 13.2 Å². The lowest BCUT2D eigenvalue weighted by atomic mass is 10.1. The van der Waals surface area contributed by atoms with Crippen LogP contribution in [0.5, 0.6) is 0 Å². The van der Waals surface area contributed by atoms with Crippen molar-refractivity contribution in [3.05, 3.63) is 57.2 Å². The number of hydrogen-bond acceptors (Lipinski definition) is 5. The number of nitrogens with zero attached hydrogens (tertiary/aromatic N) is 2.